The highest BCUT2D eigenvalue weighted by atomic mass is 35.5. The second kappa shape index (κ2) is 5.98. The maximum absolute atomic E-state index is 11.7. The van der Waals surface area contributed by atoms with Crippen molar-refractivity contribution in [2.45, 2.75) is 38.6 Å². The van der Waals surface area contributed by atoms with Crippen molar-refractivity contribution in [3.05, 3.63) is 34.9 Å². The molecule has 4 heteroatoms. The van der Waals surface area contributed by atoms with Crippen LogP contribution < -0.4 is 0 Å². The molecule has 1 aromatic carbocycles. The molecule has 1 saturated heterocycles. The number of carboxylic acids is 1. The molecule has 0 radical (unpaired) electrons. The molecule has 1 saturated carbocycles. The van der Waals surface area contributed by atoms with E-state index in [-0.39, 0.29) is 11.3 Å². The number of nitrogens with zero attached hydrogens (tertiary/aromatic N) is 1. The first-order valence-corrected chi connectivity index (χ1v) is 8.16. The zero-order chi connectivity index (χ0) is 14.9. The normalized spacial score (nSPS) is 25.3. The van der Waals surface area contributed by atoms with E-state index < -0.39 is 5.97 Å². The molecule has 3 rings (SSSR count). The van der Waals surface area contributed by atoms with Gasteiger partial charge in [0.1, 0.15) is 0 Å². The Morgan fingerprint density at radius 1 is 1.33 bits per heavy atom. The van der Waals surface area contributed by atoms with Gasteiger partial charge < -0.3 is 5.11 Å². The van der Waals surface area contributed by atoms with Crippen LogP contribution >= 0.6 is 11.6 Å². The van der Waals surface area contributed by atoms with Crippen molar-refractivity contribution in [3.8, 4) is 0 Å². The highest BCUT2D eigenvalue weighted by Crippen LogP contribution is 2.47. The first-order chi connectivity index (χ1) is 10.1. The topological polar surface area (TPSA) is 40.5 Å². The first kappa shape index (κ1) is 14.9. The van der Waals surface area contributed by atoms with Crippen molar-refractivity contribution < 1.29 is 9.90 Å². The van der Waals surface area contributed by atoms with Crippen LogP contribution in [0.3, 0.4) is 0 Å². The zero-order valence-corrected chi connectivity index (χ0v) is 13.0. The molecule has 2 fully saturated rings. The predicted molar refractivity (Wildman–Crippen MR) is 83.4 cm³/mol. The van der Waals surface area contributed by atoms with Crippen LogP contribution in [0, 0.1) is 11.3 Å². The van der Waals surface area contributed by atoms with Gasteiger partial charge in [0.15, 0.2) is 0 Å². The smallest absolute Gasteiger partial charge is 0.308 e. The van der Waals surface area contributed by atoms with E-state index in [1.54, 1.807) is 0 Å². The van der Waals surface area contributed by atoms with Gasteiger partial charge in [0.2, 0.25) is 0 Å². The monoisotopic (exact) mass is 307 g/mol. The molecule has 1 unspecified atom stereocenters. The Hall–Kier alpha value is -1.06. The van der Waals surface area contributed by atoms with Crippen molar-refractivity contribution in [2.24, 2.45) is 11.3 Å². The Bertz CT molecular complexity index is 525. The number of carbonyl (C=O) groups is 1. The van der Waals surface area contributed by atoms with Crippen LogP contribution in [0.5, 0.6) is 0 Å². The fourth-order valence-electron chi connectivity index (χ4n) is 4.19. The molecule has 1 aromatic rings. The van der Waals surface area contributed by atoms with Gasteiger partial charge in [-0.25, -0.2) is 0 Å². The van der Waals surface area contributed by atoms with Gasteiger partial charge in [-0.15, -0.1) is 0 Å². The summed E-state index contributed by atoms with van der Waals surface area (Å²) in [5, 5.41) is 10.4. The molecule has 1 spiro atoms. The molecule has 3 nitrogen and oxygen atoms in total. The Morgan fingerprint density at radius 2 is 2.10 bits per heavy atom. The second-order valence-electron chi connectivity index (χ2n) is 6.61. The van der Waals surface area contributed by atoms with Crippen molar-refractivity contribution >= 4 is 17.6 Å². The minimum absolute atomic E-state index is 0.00264. The van der Waals surface area contributed by atoms with Crippen LogP contribution in [0.2, 0.25) is 5.02 Å². The number of hydrogen-bond acceptors (Lipinski definition) is 2. The maximum atomic E-state index is 11.7. The highest BCUT2D eigenvalue weighted by molar-refractivity contribution is 6.30. The summed E-state index contributed by atoms with van der Waals surface area (Å²) in [4.78, 5) is 14.0. The summed E-state index contributed by atoms with van der Waals surface area (Å²) in [6.45, 7) is 2.38. The summed E-state index contributed by atoms with van der Waals surface area (Å²) in [6.07, 6.45) is 5.73. The number of likely N-dealkylation sites (tertiary alicyclic amines) is 1. The van der Waals surface area contributed by atoms with Crippen molar-refractivity contribution in [3.63, 3.8) is 0 Å². The Kier molecular flexibility index (Phi) is 4.23. The van der Waals surface area contributed by atoms with E-state index in [0.29, 0.717) is 6.54 Å². The van der Waals surface area contributed by atoms with E-state index in [9.17, 15) is 9.90 Å². The van der Waals surface area contributed by atoms with E-state index in [4.69, 9.17) is 11.6 Å². The third-order valence-electron chi connectivity index (χ3n) is 5.16. The molecule has 0 bridgehead atoms. The summed E-state index contributed by atoms with van der Waals surface area (Å²) >= 11 is 6.04. The van der Waals surface area contributed by atoms with Crippen molar-refractivity contribution in [2.75, 3.05) is 13.1 Å². The van der Waals surface area contributed by atoms with Gasteiger partial charge in [0.05, 0.1) is 5.92 Å². The molecule has 1 N–H and O–H groups in total. The largest absolute Gasteiger partial charge is 0.481 e. The van der Waals surface area contributed by atoms with Crippen LogP contribution in [-0.4, -0.2) is 29.1 Å². The lowest BCUT2D eigenvalue weighted by molar-refractivity contribution is -0.145. The molecule has 1 atom stereocenters. The van der Waals surface area contributed by atoms with Gasteiger partial charge in [0, 0.05) is 24.7 Å². The number of halogens is 1. The summed E-state index contributed by atoms with van der Waals surface area (Å²) in [7, 11) is 0. The quantitative estimate of drug-likeness (QED) is 0.923. The average Bonchev–Trinajstić information content (AvgIpc) is 2.78. The molecule has 1 heterocycles. The van der Waals surface area contributed by atoms with Gasteiger partial charge in [-0.3, -0.25) is 9.69 Å². The molecule has 0 amide bonds. The predicted octanol–water partition coefficient (Wildman–Crippen LogP) is 3.81. The molecule has 114 valence electrons. The number of aliphatic carboxylic acids is 1. The summed E-state index contributed by atoms with van der Waals surface area (Å²) < 4.78 is 0. The van der Waals surface area contributed by atoms with Crippen LogP contribution in [0.15, 0.2) is 24.3 Å². The van der Waals surface area contributed by atoms with Crippen LogP contribution in [-0.2, 0) is 11.3 Å². The number of benzene rings is 1. The zero-order valence-electron chi connectivity index (χ0n) is 12.2. The molecule has 1 aliphatic carbocycles. The Labute approximate surface area is 130 Å². The fourth-order valence-corrected chi connectivity index (χ4v) is 4.40. The lowest BCUT2D eigenvalue weighted by Gasteiger charge is -2.36. The third-order valence-corrected chi connectivity index (χ3v) is 5.40. The van der Waals surface area contributed by atoms with Gasteiger partial charge in [0.25, 0.3) is 0 Å². The molecule has 1 aliphatic heterocycles. The Balaban J connectivity index is 1.75. The lowest BCUT2D eigenvalue weighted by Crippen LogP contribution is -2.36. The van der Waals surface area contributed by atoms with E-state index in [1.165, 1.54) is 24.8 Å². The highest BCUT2D eigenvalue weighted by Gasteiger charge is 2.50. The number of rotatable bonds is 3. The van der Waals surface area contributed by atoms with E-state index in [1.807, 2.05) is 18.2 Å². The Morgan fingerprint density at radius 3 is 2.76 bits per heavy atom. The third kappa shape index (κ3) is 3.09. The first-order valence-electron chi connectivity index (χ1n) is 7.79. The van der Waals surface area contributed by atoms with Crippen LogP contribution in [0.1, 0.15) is 37.7 Å². The van der Waals surface area contributed by atoms with E-state index in [2.05, 4.69) is 11.0 Å². The average molecular weight is 308 g/mol. The number of hydrogen-bond donors (Lipinski definition) is 1. The second-order valence-corrected chi connectivity index (χ2v) is 7.05. The molecular weight excluding hydrogens is 286 g/mol. The van der Waals surface area contributed by atoms with Gasteiger partial charge in [-0.05, 0) is 36.0 Å². The van der Waals surface area contributed by atoms with Gasteiger partial charge >= 0.3 is 5.97 Å². The molecule has 21 heavy (non-hydrogen) atoms. The van der Waals surface area contributed by atoms with E-state index >= 15 is 0 Å². The molecular formula is C17H22ClNO2. The summed E-state index contributed by atoms with van der Waals surface area (Å²) in [6, 6.07) is 7.87. The van der Waals surface area contributed by atoms with Gasteiger partial charge in [-0.2, -0.15) is 0 Å². The standard InChI is InChI=1S/C17H22ClNO2/c18-14-6-4-5-13(9-14)10-19-11-15(16(20)21)17(12-19)7-2-1-3-8-17/h4-6,9,15H,1-3,7-8,10-12H2,(H,20,21). The van der Waals surface area contributed by atoms with Gasteiger partial charge in [-0.1, -0.05) is 43.0 Å². The molecule has 0 aromatic heterocycles. The summed E-state index contributed by atoms with van der Waals surface area (Å²) in [5.74, 6) is -0.831. The van der Waals surface area contributed by atoms with Crippen LogP contribution in [0.25, 0.3) is 0 Å². The number of carboxylic acid groups (broad SMARTS) is 1. The lowest BCUT2D eigenvalue weighted by atomic mass is 9.68. The summed E-state index contributed by atoms with van der Waals surface area (Å²) in [5.41, 5.74) is 1.17. The van der Waals surface area contributed by atoms with Crippen molar-refractivity contribution in [1.29, 1.82) is 0 Å². The SMILES string of the molecule is O=C(O)C1CN(Cc2cccc(Cl)c2)CC12CCCCC2. The minimum Gasteiger partial charge on any atom is -0.481 e. The maximum Gasteiger partial charge on any atom is 0.308 e. The van der Waals surface area contributed by atoms with Crippen molar-refractivity contribution in [1.82, 2.24) is 4.90 Å². The molecule has 2 aliphatic rings. The van der Waals surface area contributed by atoms with Crippen LogP contribution in [0.4, 0.5) is 0 Å². The van der Waals surface area contributed by atoms with E-state index in [0.717, 1.165) is 31.0 Å². The fraction of sp³-hybridized carbons (Fsp3) is 0.588. The minimum atomic E-state index is -0.620.